The largest absolute Gasteiger partial charge is 0.358 e. The molecule has 3 heteroatoms. The maximum Gasteiger partial charge on any atom is 0.217 e. The van der Waals surface area contributed by atoms with E-state index in [1.807, 2.05) is 18.2 Å². The van der Waals surface area contributed by atoms with Crippen LogP contribution in [0.25, 0.3) is 0 Å². The van der Waals surface area contributed by atoms with E-state index in [2.05, 4.69) is 105 Å². The van der Waals surface area contributed by atoms with Gasteiger partial charge in [0.05, 0.1) is 12.1 Å². The number of unbranched alkanes of at least 4 members (excludes halogenated alkanes) is 2. The molecule has 0 unspecified atom stereocenters. The minimum Gasteiger partial charge on any atom is -0.358 e. The highest BCUT2D eigenvalue weighted by atomic mass is 16.5. The van der Waals surface area contributed by atoms with Crippen LogP contribution >= 0.6 is 0 Å². The fraction of sp³-hybridized carbons (Fsp3) is 0.417. The molecule has 0 aliphatic heterocycles. The van der Waals surface area contributed by atoms with Gasteiger partial charge < -0.3 is 10.1 Å². The number of benzene rings is 3. The van der Waals surface area contributed by atoms with Crippen LogP contribution < -0.4 is 5.32 Å². The number of carbonyl (C=O) groups is 1. The van der Waals surface area contributed by atoms with Gasteiger partial charge in [-0.05, 0) is 53.7 Å². The van der Waals surface area contributed by atoms with Crippen molar-refractivity contribution < 1.29 is 9.53 Å². The van der Waals surface area contributed by atoms with E-state index in [0.29, 0.717) is 12.5 Å². The molecule has 0 saturated heterocycles. The molecular weight excluding hydrogens is 478 g/mol. The Balaban J connectivity index is 1.81. The number of carbonyl (C=O) groups excluding carboxylic acids is 1. The van der Waals surface area contributed by atoms with Crippen LogP contribution in [0.5, 0.6) is 0 Å². The number of allylic oxidation sites excluding steroid dienone is 1. The Labute approximate surface area is 235 Å². The summed E-state index contributed by atoms with van der Waals surface area (Å²) >= 11 is 0. The molecule has 0 spiro atoms. The minimum atomic E-state index is -0.821. The van der Waals surface area contributed by atoms with Crippen LogP contribution in [-0.2, 0) is 15.1 Å². The Morgan fingerprint density at radius 3 is 1.85 bits per heavy atom. The Morgan fingerprint density at radius 1 is 0.923 bits per heavy atom. The predicted molar refractivity (Wildman–Crippen MR) is 161 cm³/mol. The van der Waals surface area contributed by atoms with Crippen molar-refractivity contribution in [3.63, 3.8) is 0 Å². The Morgan fingerprint density at radius 2 is 1.44 bits per heavy atom. The average Bonchev–Trinajstić information content (AvgIpc) is 3.28. The highest BCUT2D eigenvalue weighted by molar-refractivity contribution is 5.74. The molecule has 4 rings (SSSR count). The summed E-state index contributed by atoms with van der Waals surface area (Å²) in [6.07, 6.45) is 9.72. The van der Waals surface area contributed by atoms with Gasteiger partial charge in [0.25, 0.3) is 0 Å². The van der Waals surface area contributed by atoms with Crippen LogP contribution in [0.4, 0.5) is 0 Å². The highest BCUT2D eigenvalue weighted by Crippen LogP contribution is 2.55. The lowest BCUT2D eigenvalue weighted by Gasteiger charge is -2.41. The zero-order chi connectivity index (χ0) is 27.8. The lowest BCUT2D eigenvalue weighted by atomic mass is 9.71. The molecule has 39 heavy (non-hydrogen) atoms. The van der Waals surface area contributed by atoms with Crippen molar-refractivity contribution in [1.29, 1.82) is 0 Å². The van der Waals surface area contributed by atoms with Crippen LogP contribution in [-0.4, -0.2) is 18.1 Å². The molecule has 1 N–H and O–H groups in total. The van der Waals surface area contributed by atoms with Gasteiger partial charge >= 0.3 is 0 Å². The third-order valence-electron chi connectivity index (χ3n) is 8.90. The molecule has 0 heterocycles. The van der Waals surface area contributed by atoms with Crippen molar-refractivity contribution in [1.82, 2.24) is 5.32 Å². The number of rotatable bonds is 13. The lowest BCUT2D eigenvalue weighted by Crippen LogP contribution is -2.52. The highest BCUT2D eigenvalue weighted by Gasteiger charge is 2.54. The van der Waals surface area contributed by atoms with Gasteiger partial charge in [0, 0.05) is 6.92 Å². The van der Waals surface area contributed by atoms with E-state index in [9.17, 15) is 4.79 Å². The fourth-order valence-electron chi connectivity index (χ4n) is 7.04. The van der Waals surface area contributed by atoms with Crippen LogP contribution in [0.1, 0.15) is 82.4 Å². The molecule has 1 aliphatic rings. The number of amides is 1. The van der Waals surface area contributed by atoms with E-state index in [0.717, 1.165) is 42.4 Å². The molecule has 3 aromatic rings. The topological polar surface area (TPSA) is 38.3 Å². The van der Waals surface area contributed by atoms with Crippen LogP contribution in [0.15, 0.2) is 104 Å². The second-order valence-electron chi connectivity index (χ2n) is 11.4. The van der Waals surface area contributed by atoms with E-state index in [1.54, 1.807) is 6.92 Å². The number of hydrogen-bond acceptors (Lipinski definition) is 2. The van der Waals surface area contributed by atoms with Crippen LogP contribution in [0, 0.1) is 11.3 Å². The molecule has 1 aliphatic carbocycles. The molecule has 206 valence electrons. The summed E-state index contributed by atoms with van der Waals surface area (Å²) in [6, 6.07) is 31.4. The first-order valence-electron chi connectivity index (χ1n) is 14.7. The number of hydrogen-bond donors (Lipinski definition) is 1. The van der Waals surface area contributed by atoms with Crippen LogP contribution in [0.2, 0.25) is 0 Å². The van der Waals surface area contributed by atoms with Gasteiger partial charge in [0.15, 0.2) is 0 Å². The van der Waals surface area contributed by atoms with Gasteiger partial charge in [-0.3, -0.25) is 4.79 Å². The monoisotopic (exact) mass is 523 g/mol. The van der Waals surface area contributed by atoms with Gasteiger partial charge in [-0.1, -0.05) is 130 Å². The lowest BCUT2D eigenvalue weighted by molar-refractivity contribution is -0.123. The van der Waals surface area contributed by atoms with Crippen molar-refractivity contribution in [2.75, 3.05) is 6.61 Å². The molecule has 0 radical (unpaired) electrons. The molecule has 0 bridgehead atoms. The standard InChI is InChI=1S/C36H45NO2/c1-5-8-18-25-34(7-3)27-35(37-29(4)38,26-30(34)6-2)28-39-36(31-19-12-9-13-20-31,32-21-14-10-15-22-32)33-23-16-11-17-24-33/h6,9-17,19-24,30H,2,5,7-8,18,25-28H2,1,3-4H3,(H,37,38)/t30-,34-,35+/m1/s1. The molecule has 1 amide bonds. The summed E-state index contributed by atoms with van der Waals surface area (Å²) in [6.45, 7) is 10.9. The summed E-state index contributed by atoms with van der Waals surface area (Å²) in [5.41, 5.74) is 2.03. The predicted octanol–water partition coefficient (Wildman–Crippen LogP) is 8.44. The second-order valence-corrected chi connectivity index (χ2v) is 11.4. The quantitative estimate of drug-likeness (QED) is 0.139. The van der Waals surface area contributed by atoms with Crippen molar-refractivity contribution in [3.8, 4) is 0 Å². The summed E-state index contributed by atoms with van der Waals surface area (Å²) in [7, 11) is 0. The van der Waals surface area contributed by atoms with Gasteiger partial charge in [-0.15, -0.1) is 6.58 Å². The van der Waals surface area contributed by atoms with E-state index >= 15 is 0 Å². The molecule has 3 aromatic carbocycles. The third kappa shape index (κ3) is 6.04. The Bertz CT molecular complexity index is 1100. The van der Waals surface area contributed by atoms with Gasteiger partial charge in [-0.25, -0.2) is 0 Å². The third-order valence-corrected chi connectivity index (χ3v) is 8.90. The van der Waals surface area contributed by atoms with Gasteiger partial charge in [0.1, 0.15) is 5.60 Å². The van der Waals surface area contributed by atoms with E-state index in [1.165, 1.54) is 19.3 Å². The van der Waals surface area contributed by atoms with Crippen molar-refractivity contribution >= 4 is 5.91 Å². The van der Waals surface area contributed by atoms with Crippen molar-refractivity contribution in [2.45, 2.75) is 76.9 Å². The number of ether oxygens (including phenoxy) is 1. The van der Waals surface area contributed by atoms with Gasteiger partial charge in [0.2, 0.25) is 5.91 Å². The zero-order valence-electron chi connectivity index (χ0n) is 24.0. The van der Waals surface area contributed by atoms with E-state index < -0.39 is 11.1 Å². The smallest absolute Gasteiger partial charge is 0.217 e. The molecular formula is C36H45NO2. The SMILES string of the molecule is C=C[C@@H]1C[C@](COC(c2ccccc2)(c2ccccc2)c2ccccc2)(NC(C)=O)C[C@@]1(CC)CCCCC. The molecule has 1 fully saturated rings. The fourth-order valence-corrected chi connectivity index (χ4v) is 7.04. The average molecular weight is 524 g/mol. The number of nitrogens with one attached hydrogen (secondary N) is 1. The molecule has 3 nitrogen and oxygen atoms in total. The second kappa shape index (κ2) is 12.8. The zero-order valence-corrected chi connectivity index (χ0v) is 24.0. The molecule has 0 aromatic heterocycles. The van der Waals surface area contributed by atoms with E-state index in [-0.39, 0.29) is 11.3 Å². The minimum absolute atomic E-state index is 0.00777. The summed E-state index contributed by atoms with van der Waals surface area (Å²) in [5.74, 6) is 0.320. The van der Waals surface area contributed by atoms with Crippen molar-refractivity contribution in [3.05, 3.63) is 120 Å². The van der Waals surface area contributed by atoms with E-state index in [4.69, 9.17) is 4.74 Å². The first kappa shape index (κ1) is 28.8. The summed E-state index contributed by atoms with van der Waals surface area (Å²) in [4.78, 5) is 12.7. The van der Waals surface area contributed by atoms with Crippen molar-refractivity contribution in [2.24, 2.45) is 11.3 Å². The Kier molecular flexibility index (Phi) is 9.45. The molecule has 3 atom stereocenters. The maximum atomic E-state index is 12.7. The normalized spacial score (nSPS) is 22.9. The maximum absolute atomic E-state index is 12.7. The van der Waals surface area contributed by atoms with Crippen LogP contribution in [0.3, 0.4) is 0 Å². The van der Waals surface area contributed by atoms with Gasteiger partial charge in [-0.2, -0.15) is 0 Å². The Hall–Kier alpha value is -3.17. The molecule has 1 saturated carbocycles. The first-order valence-corrected chi connectivity index (χ1v) is 14.7. The summed E-state index contributed by atoms with van der Waals surface area (Å²) in [5, 5.41) is 3.41. The summed E-state index contributed by atoms with van der Waals surface area (Å²) < 4.78 is 7.28. The first-order chi connectivity index (χ1) is 18.9.